The standard InChI is InChI=1S/C21H26N4O2S/c1-2-14-5-3-4-6-17(14)25-13-16(11-19(25)26)20(27)24-21-23-12-18(28-21)15-7-9-22-10-8-15/h3-6,12,15-16,22H,2,7-11,13H2,1H3,(H,23,24,27). The molecule has 6 nitrogen and oxygen atoms in total. The van der Waals surface area contributed by atoms with Gasteiger partial charge >= 0.3 is 0 Å². The van der Waals surface area contributed by atoms with E-state index in [0.29, 0.717) is 17.6 Å². The van der Waals surface area contributed by atoms with Crippen molar-refractivity contribution in [2.75, 3.05) is 29.9 Å². The number of hydrogen-bond donors (Lipinski definition) is 2. The van der Waals surface area contributed by atoms with Gasteiger partial charge in [0, 0.05) is 29.7 Å². The molecule has 0 spiro atoms. The van der Waals surface area contributed by atoms with Gasteiger partial charge in [-0.1, -0.05) is 25.1 Å². The summed E-state index contributed by atoms with van der Waals surface area (Å²) in [6, 6.07) is 7.92. The van der Waals surface area contributed by atoms with Gasteiger partial charge in [-0.2, -0.15) is 0 Å². The van der Waals surface area contributed by atoms with Crippen LogP contribution in [0.2, 0.25) is 0 Å². The van der Waals surface area contributed by atoms with Crippen LogP contribution in [0, 0.1) is 5.92 Å². The van der Waals surface area contributed by atoms with Gasteiger partial charge in [-0.15, -0.1) is 11.3 Å². The van der Waals surface area contributed by atoms with Crippen molar-refractivity contribution >= 4 is 34.0 Å². The fourth-order valence-electron chi connectivity index (χ4n) is 4.04. The molecule has 1 atom stereocenters. The van der Waals surface area contributed by atoms with Crippen LogP contribution in [-0.2, 0) is 16.0 Å². The highest BCUT2D eigenvalue weighted by Crippen LogP contribution is 2.33. The Morgan fingerprint density at radius 1 is 1.32 bits per heavy atom. The number of anilines is 2. The van der Waals surface area contributed by atoms with E-state index in [0.717, 1.165) is 43.6 Å². The minimum atomic E-state index is -0.344. The van der Waals surface area contributed by atoms with Crippen LogP contribution in [0.15, 0.2) is 30.5 Å². The molecule has 28 heavy (non-hydrogen) atoms. The van der Waals surface area contributed by atoms with Crippen molar-refractivity contribution in [3.05, 3.63) is 40.9 Å². The molecule has 4 rings (SSSR count). The third-order valence-corrected chi connectivity index (χ3v) is 6.73. The Morgan fingerprint density at radius 3 is 2.89 bits per heavy atom. The Hall–Kier alpha value is -2.25. The molecule has 1 unspecified atom stereocenters. The molecular weight excluding hydrogens is 372 g/mol. The first kappa shape index (κ1) is 19.1. The minimum absolute atomic E-state index is 0.00980. The number of thiazole rings is 1. The zero-order valence-electron chi connectivity index (χ0n) is 16.1. The highest BCUT2D eigenvalue weighted by atomic mass is 32.1. The van der Waals surface area contributed by atoms with Crippen molar-refractivity contribution in [1.82, 2.24) is 10.3 Å². The van der Waals surface area contributed by atoms with Crippen LogP contribution in [0.4, 0.5) is 10.8 Å². The van der Waals surface area contributed by atoms with Crippen molar-refractivity contribution in [2.45, 2.75) is 38.5 Å². The van der Waals surface area contributed by atoms with Crippen LogP contribution < -0.4 is 15.5 Å². The maximum Gasteiger partial charge on any atom is 0.231 e. The number of carbonyl (C=O) groups excluding carboxylic acids is 2. The maximum atomic E-state index is 12.7. The second-order valence-corrected chi connectivity index (χ2v) is 8.53. The Morgan fingerprint density at radius 2 is 2.11 bits per heavy atom. The number of nitrogens with one attached hydrogen (secondary N) is 2. The molecular formula is C21H26N4O2S. The van der Waals surface area contributed by atoms with Crippen LogP contribution >= 0.6 is 11.3 Å². The van der Waals surface area contributed by atoms with Crippen molar-refractivity contribution in [3.8, 4) is 0 Å². The normalized spacial score (nSPS) is 20.5. The summed E-state index contributed by atoms with van der Waals surface area (Å²) < 4.78 is 0. The molecule has 0 bridgehead atoms. The van der Waals surface area contributed by atoms with Gasteiger partial charge in [0.25, 0.3) is 0 Å². The van der Waals surface area contributed by atoms with Crippen LogP contribution in [0.25, 0.3) is 0 Å². The molecule has 0 aliphatic carbocycles. The van der Waals surface area contributed by atoms with E-state index in [2.05, 4.69) is 22.5 Å². The lowest BCUT2D eigenvalue weighted by Gasteiger charge is -2.20. The van der Waals surface area contributed by atoms with E-state index in [9.17, 15) is 9.59 Å². The summed E-state index contributed by atoms with van der Waals surface area (Å²) in [6.07, 6.45) is 5.21. The van der Waals surface area contributed by atoms with Crippen molar-refractivity contribution < 1.29 is 9.59 Å². The third kappa shape index (κ3) is 3.95. The van der Waals surface area contributed by atoms with Crippen molar-refractivity contribution in [1.29, 1.82) is 0 Å². The zero-order chi connectivity index (χ0) is 19.5. The Balaban J connectivity index is 1.40. The average Bonchev–Trinajstić information content (AvgIpc) is 3.35. The van der Waals surface area contributed by atoms with E-state index in [1.807, 2.05) is 30.5 Å². The molecule has 2 N–H and O–H groups in total. The summed E-state index contributed by atoms with van der Waals surface area (Å²) >= 11 is 1.56. The predicted molar refractivity (Wildman–Crippen MR) is 112 cm³/mol. The van der Waals surface area contributed by atoms with Crippen molar-refractivity contribution in [3.63, 3.8) is 0 Å². The first-order valence-corrected chi connectivity index (χ1v) is 10.8. The van der Waals surface area contributed by atoms with E-state index >= 15 is 0 Å². The quantitative estimate of drug-likeness (QED) is 0.811. The Bertz CT molecular complexity index is 860. The molecule has 2 aliphatic heterocycles. The number of aromatic nitrogens is 1. The zero-order valence-corrected chi connectivity index (χ0v) is 16.9. The number of piperidine rings is 1. The molecule has 2 amide bonds. The predicted octanol–water partition coefficient (Wildman–Crippen LogP) is 3.16. The van der Waals surface area contributed by atoms with Gasteiger partial charge in [-0.3, -0.25) is 9.59 Å². The number of amides is 2. The smallest absolute Gasteiger partial charge is 0.231 e. The molecule has 2 fully saturated rings. The lowest BCUT2D eigenvalue weighted by Crippen LogP contribution is -2.28. The number of rotatable bonds is 5. The van der Waals surface area contributed by atoms with Crippen LogP contribution in [-0.4, -0.2) is 36.4 Å². The number of benzene rings is 1. The van der Waals surface area contributed by atoms with Gasteiger partial charge in [-0.05, 0) is 49.9 Å². The molecule has 1 aromatic carbocycles. The van der Waals surface area contributed by atoms with Gasteiger partial charge in [-0.25, -0.2) is 4.98 Å². The molecule has 2 saturated heterocycles. The monoisotopic (exact) mass is 398 g/mol. The van der Waals surface area contributed by atoms with E-state index in [4.69, 9.17) is 0 Å². The summed E-state index contributed by atoms with van der Waals surface area (Å²) in [5.41, 5.74) is 2.05. The summed E-state index contributed by atoms with van der Waals surface area (Å²) in [7, 11) is 0. The molecule has 3 heterocycles. The number of para-hydroxylation sites is 1. The Kier molecular flexibility index (Phi) is 5.73. The third-order valence-electron chi connectivity index (χ3n) is 5.65. The molecule has 148 valence electrons. The average molecular weight is 399 g/mol. The maximum absolute atomic E-state index is 12.7. The van der Waals surface area contributed by atoms with Gasteiger partial charge in [0.2, 0.25) is 11.8 Å². The molecule has 2 aliphatic rings. The van der Waals surface area contributed by atoms with E-state index in [1.54, 1.807) is 16.2 Å². The van der Waals surface area contributed by atoms with Crippen LogP contribution in [0.1, 0.15) is 42.5 Å². The minimum Gasteiger partial charge on any atom is -0.317 e. The Labute approximate surface area is 169 Å². The first-order valence-electron chi connectivity index (χ1n) is 10.0. The van der Waals surface area contributed by atoms with E-state index in [1.165, 1.54) is 4.88 Å². The second kappa shape index (κ2) is 8.41. The topological polar surface area (TPSA) is 74.3 Å². The SMILES string of the molecule is CCc1ccccc1N1CC(C(=O)Nc2ncc(C3CCNCC3)s2)CC1=O. The molecule has 2 aromatic rings. The molecule has 1 aromatic heterocycles. The fourth-order valence-corrected chi connectivity index (χ4v) is 5.02. The lowest BCUT2D eigenvalue weighted by molar-refractivity contribution is -0.122. The van der Waals surface area contributed by atoms with E-state index in [-0.39, 0.29) is 24.2 Å². The number of nitrogens with zero attached hydrogens (tertiary/aromatic N) is 2. The number of aryl methyl sites for hydroxylation is 1. The first-order chi connectivity index (χ1) is 13.7. The molecule has 7 heteroatoms. The summed E-state index contributed by atoms with van der Waals surface area (Å²) in [5.74, 6) is 0.0776. The highest BCUT2D eigenvalue weighted by Gasteiger charge is 2.36. The van der Waals surface area contributed by atoms with E-state index < -0.39 is 0 Å². The number of carbonyl (C=O) groups is 2. The summed E-state index contributed by atoms with van der Waals surface area (Å²) in [5, 5.41) is 6.94. The lowest BCUT2D eigenvalue weighted by atomic mass is 9.97. The largest absolute Gasteiger partial charge is 0.317 e. The molecule has 0 radical (unpaired) electrons. The van der Waals surface area contributed by atoms with Crippen LogP contribution in [0.3, 0.4) is 0 Å². The van der Waals surface area contributed by atoms with Crippen molar-refractivity contribution in [2.24, 2.45) is 5.92 Å². The van der Waals surface area contributed by atoms with Crippen LogP contribution in [0.5, 0.6) is 0 Å². The summed E-state index contributed by atoms with van der Waals surface area (Å²) in [4.78, 5) is 32.7. The number of hydrogen-bond acceptors (Lipinski definition) is 5. The fraction of sp³-hybridized carbons (Fsp3) is 0.476. The highest BCUT2D eigenvalue weighted by molar-refractivity contribution is 7.15. The van der Waals surface area contributed by atoms with Gasteiger partial charge < -0.3 is 15.5 Å². The summed E-state index contributed by atoms with van der Waals surface area (Å²) in [6.45, 7) is 4.56. The molecule has 0 saturated carbocycles. The van der Waals surface area contributed by atoms with Gasteiger partial charge in [0.1, 0.15) is 0 Å². The second-order valence-electron chi connectivity index (χ2n) is 7.47. The van der Waals surface area contributed by atoms with Gasteiger partial charge in [0.15, 0.2) is 5.13 Å². The van der Waals surface area contributed by atoms with Gasteiger partial charge in [0.05, 0.1) is 5.92 Å².